The fourth-order valence-corrected chi connectivity index (χ4v) is 5.95. The predicted molar refractivity (Wildman–Crippen MR) is 124 cm³/mol. The van der Waals surface area contributed by atoms with Gasteiger partial charge in [0.05, 0.1) is 38.7 Å². The first-order valence-electron chi connectivity index (χ1n) is 10.6. The van der Waals surface area contributed by atoms with E-state index in [-0.39, 0.29) is 18.8 Å². The number of aryl methyl sites for hydroxylation is 2. The first kappa shape index (κ1) is 23.8. The van der Waals surface area contributed by atoms with Crippen molar-refractivity contribution in [1.29, 1.82) is 0 Å². The highest BCUT2D eigenvalue weighted by Gasteiger charge is 2.48. The number of benzene rings is 1. The van der Waals surface area contributed by atoms with E-state index in [0.29, 0.717) is 31.6 Å². The third-order valence-electron chi connectivity index (χ3n) is 5.95. The second-order valence-electron chi connectivity index (χ2n) is 8.38. The molecule has 1 aliphatic heterocycles. The highest BCUT2D eigenvalue weighted by Crippen LogP contribution is 2.41. The molecule has 0 atom stereocenters. The van der Waals surface area contributed by atoms with E-state index < -0.39 is 17.2 Å². The third-order valence-corrected chi connectivity index (χ3v) is 7.90. The van der Waals surface area contributed by atoms with Crippen molar-refractivity contribution in [2.75, 3.05) is 24.6 Å². The number of hydrogen-bond acceptors (Lipinski definition) is 7. The summed E-state index contributed by atoms with van der Waals surface area (Å²) in [4.78, 5) is 25.3. The lowest BCUT2D eigenvalue weighted by Crippen LogP contribution is -2.61. The van der Waals surface area contributed by atoms with Gasteiger partial charge in [-0.1, -0.05) is 0 Å². The van der Waals surface area contributed by atoms with Crippen molar-refractivity contribution in [3.8, 4) is 10.6 Å². The SMILES string of the molecule is Cc1nc(C)c(-c2csc(CC(=O)C3(CCCO)CN(c4ccc(C(F)(F)F)cc4)C3)n2)s1. The van der Waals surface area contributed by atoms with Crippen LogP contribution in [0.5, 0.6) is 0 Å². The van der Waals surface area contributed by atoms with Crippen LogP contribution < -0.4 is 4.90 Å². The van der Waals surface area contributed by atoms with Gasteiger partial charge in [-0.3, -0.25) is 4.79 Å². The van der Waals surface area contributed by atoms with Crippen LogP contribution in [-0.2, 0) is 17.4 Å². The highest BCUT2D eigenvalue weighted by atomic mass is 32.1. The van der Waals surface area contributed by atoms with Gasteiger partial charge in [-0.2, -0.15) is 13.2 Å². The van der Waals surface area contributed by atoms with Crippen LogP contribution in [0.4, 0.5) is 18.9 Å². The molecule has 1 fully saturated rings. The molecule has 4 rings (SSSR count). The maximum Gasteiger partial charge on any atom is 0.416 e. The number of halogens is 3. The van der Waals surface area contributed by atoms with Crippen molar-refractivity contribution in [2.45, 2.75) is 39.3 Å². The zero-order valence-corrected chi connectivity index (χ0v) is 19.9. The number of rotatable bonds is 8. The van der Waals surface area contributed by atoms with Crippen LogP contribution in [0.3, 0.4) is 0 Å². The van der Waals surface area contributed by atoms with E-state index in [1.54, 1.807) is 11.3 Å². The van der Waals surface area contributed by atoms with Gasteiger partial charge in [0.15, 0.2) is 0 Å². The zero-order valence-electron chi connectivity index (χ0n) is 18.3. The van der Waals surface area contributed by atoms with Crippen LogP contribution in [0.2, 0.25) is 0 Å². The summed E-state index contributed by atoms with van der Waals surface area (Å²) < 4.78 is 38.5. The lowest BCUT2D eigenvalue weighted by atomic mass is 9.71. The summed E-state index contributed by atoms with van der Waals surface area (Å²) in [5.41, 5.74) is 1.08. The number of Topliss-reactive ketones (excluding diaryl/α,β-unsaturated/α-hetero) is 1. The number of thiazole rings is 2. The number of ketones is 1. The van der Waals surface area contributed by atoms with Crippen molar-refractivity contribution >= 4 is 34.1 Å². The molecule has 0 aliphatic carbocycles. The molecule has 0 unspecified atom stereocenters. The molecule has 0 saturated carbocycles. The molecule has 1 saturated heterocycles. The van der Waals surface area contributed by atoms with Crippen molar-refractivity contribution in [3.05, 3.63) is 50.9 Å². The van der Waals surface area contributed by atoms with Crippen LogP contribution >= 0.6 is 22.7 Å². The summed E-state index contributed by atoms with van der Waals surface area (Å²) in [6.45, 7) is 4.71. The summed E-state index contributed by atoms with van der Waals surface area (Å²) in [7, 11) is 0. The Morgan fingerprint density at radius 2 is 1.88 bits per heavy atom. The largest absolute Gasteiger partial charge is 0.416 e. The predicted octanol–water partition coefficient (Wildman–Crippen LogP) is 5.29. The molecule has 3 aromatic rings. The molecule has 0 amide bonds. The van der Waals surface area contributed by atoms with Gasteiger partial charge >= 0.3 is 6.18 Å². The Kier molecular flexibility index (Phi) is 6.61. The first-order chi connectivity index (χ1) is 15.6. The van der Waals surface area contributed by atoms with Gasteiger partial charge < -0.3 is 10.0 Å². The molecule has 0 bridgehead atoms. The molecule has 0 spiro atoms. The molecule has 33 heavy (non-hydrogen) atoms. The highest BCUT2D eigenvalue weighted by molar-refractivity contribution is 7.16. The van der Waals surface area contributed by atoms with Crippen molar-refractivity contribution in [3.63, 3.8) is 0 Å². The number of carbonyl (C=O) groups excluding carboxylic acids is 1. The van der Waals surface area contributed by atoms with E-state index in [4.69, 9.17) is 0 Å². The van der Waals surface area contributed by atoms with Gasteiger partial charge in [0.1, 0.15) is 10.8 Å². The van der Waals surface area contributed by atoms with Gasteiger partial charge in [0, 0.05) is 30.8 Å². The van der Waals surface area contributed by atoms with E-state index in [2.05, 4.69) is 9.97 Å². The Morgan fingerprint density at radius 1 is 1.18 bits per heavy atom. The van der Waals surface area contributed by atoms with Crippen LogP contribution in [0.15, 0.2) is 29.6 Å². The average molecular weight is 496 g/mol. The van der Waals surface area contributed by atoms with E-state index in [1.165, 1.54) is 23.5 Å². The lowest BCUT2D eigenvalue weighted by Gasteiger charge is -2.50. The number of aliphatic hydroxyl groups is 1. The molecule has 1 aliphatic rings. The minimum Gasteiger partial charge on any atom is -0.396 e. The number of anilines is 1. The summed E-state index contributed by atoms with van der Waals surface area (Å²) >= 11 is 3.02. The number of carbonyl (C=O) groups is 1. The Hall–Kier alpha value is -2.30. The maximum atomic E-state index is 13.3. The van der Waals surface area contributed by atoms with Gasteiger partial charge in [0.25, 0.3) is 0 Å². The number of hydrogen-bond donors (Lipinski definition) is 1. The molecule has 0 radical (unpaired) electrons. The first-order valence-corrected chi connectivity index (χ1v) is 12.3. The summed E-state index contributed by atoms with van der Waals surface area (Å²) in [5.74, 6) is 0.0530. The molecular weight excluding hydrogens is 471 g/mol. The van der Waals surface area contributed by atoms with E-state index in [0.717, 1.165) is 38.4 Å². The van der Waals surface area contributed by atoms with Gasteiger partial charge in [0.2, 0.25) is 0 Å². The lowest BCUT2D eigenvalue weighted by molar-refractivity contribution is -0.137. The summed E-state index contributed by atoms with van der Waals surface area (Å²) in [6, 6.07) is 5.00. The van der Waals surface area contributed by atoms with E-state index in [9.17, 15) is 23.1 Å². The van der Waals surface area contributed by atoms with Gasteiger partial charge in [-0.15, -0.1) is 22.7 Å². The average Bonchev–Trinajstić information content (AvgIpc) is 3.32. The molecule has 5 nitrogen and oxygen atoms in total. The number of nitrogens with zero attached hydrogens (tertiary/aromatic N) is 3. The normalized spacial score (nSPS) is 15.5. The zero-order chi connectivity index (χ0) is 23.8. The summed E-state index contributed by atoms with van der Waals surface area (Å²) in [5, 5.41) is 13.0. The van der Waals surface area contributed by atoms with Crippen LogP contribution in [0.1, 0.15) is 34.1 Å². The monoisotopic (exact) mass is 495 g/mol. The Labute approximate surface area is 197 Å². The quantitative estimate of drug-likeness (QED) is 0.460. The number of aromatic nitrogens is 2. The second-order valence-corrected chi connectivity index (χ2v) is 10.5. The molecule has 1 N–H and O–H groups in total. The second kappa shape index (κ2) is 9.15. The Bertz CT molecular complexity index is 1130. The van der Waals surface area contributed by atoms with E-state index in [1.807, 2.05) is 24.1 Å². The molecule has 2 aromatic heterocycles. The maximum absolute atomic E-state index is 13.3. The van der Waals surface area contributed by atoms with Gasteiger partial charge in [-0.05, 0) is 51.0 Å². The van der Waals surface area contributed by atoms with Crippen LogP contribution in [0, 0.1) is 19.3 Å². The minimum absolute atomic E-state index is 0.0132. The fraction of sp³-hybridized carbons (Fsp3) is 0.435. The number of aliphatic hydroxyl groups excluding tert-OH is 1. The molecule has 10 heteroatoms. The molecule has 3 heterocycles. The molecular formula is C23H24F3N3O2S2. The smallest absolute Gasteiger partial charge is 0.396 e. The third kappa shape index (κ3) is 4.97. The summed E-state index contributed by atoms with van der Waals surface area (Å²) in [6.07, 6.45) is -3.15. The molecule has 1 aromatic carbocycles. The molecule has 176 valence electrons. The van der Waals surface area contributed by atoms with E-state index >= 15 is 0 Å². The minimum atomic E-state index is -4.38. The Balaban J connectivity index is 1.46. The Morgan fingerprint density at radius 3 is 2.45 bits per heavy atom. The van der Waals surface area contributed by atoms with Crippen molar-refractivity contribution in [1.82, 2.24) is 9.97 Å². The standard InChI is InChI=1S/C23H24F3N3O2S2/c1-14-21(33-15(2)27-14)18-11-32-20(28-18)10-19(31)22(8-3-9-30)12-29(13-22)17-6-4-16(5-7-17)23(24,25)26/h4-7,11,30H,3,8-10,12-13H2,1-2H3. The van der Waals surface area contributed by atoms with Crippen LogP contribution in [-0.4, -0.2) is 40.6 Å². The number of alkyl halides is 3. The van der Waals surface area contributed by atoms with Crippen molar-refractivity contribution in [2.24, 2.45) is 5.41 Å². The van der Waals surface area contributed by atoms with Crippen LogP contribution in [0.25, 0.3) is 10.6 Å². The topological polar surface area (TPSA) is 66.3 Å². The van der Waals surface area contributed by atoms with Gasteiger partial charge in [-0.25, -0.2) is 9.97 Å². The fourth-order valence-electron chi connectivity index (χ4n) is 4.21. The van der Waals surface area contributed by atoms with Crippen molar-refractivity contribution < 1.29 is 23.1 Å².